The van der Waals surface area contributed by atoms with Gasteiger partial charge in [-0.3, -0.25) is 9.59 Å². The fourth-order valence-corrected chi connectivity index (χ4v) is 5.18. The number of likely N-dealkylation sites (N-methyl/N-ethyl adjacent to an activating group) is 2. The smallest absolute Gasteiger partial charge is 0.247 e. The van der Waals surface area contributed by atoms with Gasteiger partial charge >= 0.3 is 0 Å². The van der Waals surface area contributed by atoms with Gasteiger partial charge in [0.15, 0.2) is 0 Å². The highest BCUT2D eigenvalue weighted by atomic mass is 16.5. The van der Waals surface area contributed by atoms with Crippen molar-refractivity contribution in [1.82, 2.24) is 15.5 Å². The molecule has 7 heteroatoms. The van der Waals surface area contributed by atoms with E-state index in [1.165, 1.54) is 11.3 Å². The summed E-state index contributed by atoms with van der Waals surface area (Å²) in [6.07, 6.45) is 1.82. The monoisotopic (exact) mass is 478 g/mol. The third kappa shape index (κ3) is 5.36. The van der Waals surface area contributed by atoms with Crippen molar-refractivity contribution >= 4 is 17.5 Å². The second-order valence-corrected chi connectivity index (χ2v) is 10.4. The molecule has 2 aromatic rings. The van der Waals surface area contributed by atoms with E-state index in [0.717, 1.165) is 24.9 Å². The summed E-state index contributed by atoms with van der Waals surface area (Å²) >= 11 is 0. The van der Waals surface area contributed by atoms with Crippen LogP contribution in [0.2, 0.25) is 0 Å². The van der Waals surface area contributed by atoms with E-state index < -0.39 is 11.6 Å². The van der Waals surface area contributed by atoms with Crippen molar-refractivity contribution in [2.45, 2.75) is 50.3 Å². The molecule has 0 aromatic heterocycles. The molecule has 2 aromatic carbocycles. The fraction of sp³-hybridized carbons (Fsp3) is 0.500. The van der Waals surface area contributed by atoms with Gasteiger partial charge in [-0.1, -0.05) is 48.5 Å². The van der Waals surface area contributed by atoms with Crippen LogP contribution in [0.5, 0.6) is 0 Å². The van der Waals surface area contributed by atoms with E-state index in [-0.39, 0.29) is 23.8 Å². The maximum atomic E-state index is 13.6. The van der Waals surface area contributed by atoms with Crippen molar-refractivity contribution in [3.8, 4) is 0 Å². The summed E-state index contributed by atoms with van der Waals surface area (Å²) in [6.45, 7) is 6.43. The lowest BCUT2D eigenvalue weighted by molar-refractivity contribution is -0.141. The molecule has 1 fully saturated rings. The number of anilines is 1. The lowest BCUT2D eigenvalue weighted by Crippen LogP contribution is -2.59. The van der Waals surface area contributed by atoms with Crippen molar-refractivity contribution in [3.63, 3.8) is 0 Å². The molecule has 2 amide bonds. The van der Waals surface area contributed by atoms with Crippen LogP contribution in [0.4, 0.5) is 5.69 Å². The van der Waals surface area contributed by atoms with Crippen molar-refractivity contribution in [2.24, 2.45) is 0 Å². The van der Waals surface area contributed by atoms with Crippen molar-refractivity contribution in [2.75, 3.05) is 45.2 Å². The number of benzene rings is 2. The average molecular weight is 479 g/mol. The van der Waals surface area contributed by atoms with Crippen LogP contribution in [0.3, 0.4) is 0 Å². The van der Waals surface area contributed by atoms with Crippen molar-refractivity contribution < 1.29 is 14.3 Å². The molecule has 7 nitrogen and oxygen atoms in total. The van der Waals surface area contributed by atoms with Gasteiger partial charge in [0.25, 0.3) is 0 Å². The Morgan fingerprint density at radius 1 is 1.06 bits per heavy atom. The van der Waals surface area contributed by atoms with Gasteiger partial charge in [-0.15, -0.1) is 0 Å². The average Bonchev–Trinajstić information content (AvgIpc) is 3.15. The second-order valence-electron chi connectivity index (χ2n) is 10.4. The van der Waals surface area contributed by atoms with Gasteiger partial charge in [-0.25, -0.2) is 0 Å². The molecular formula is C28H38N4O3. The second kappa shape index (κ2) is 10.4. The van der Waals surface area contributed by atoms with Crippen molar-refractivity contribution in [3.05, 3.63) is 65.7 Å². The maximum absolute atomic E-state index is 13.6. The molecule has 2 aliphatic heterocycles. The van der Waals surface area contributed by atoms with Crippen LogP contribution in [-0.4, -0.2) is 68.6 Å². The fourth-order valence-electron chi connectivity index (χ4n) is 5.18. The lowest BCUT2D eigenvalue weighted by Gasteiger charge is -2.41. The molecular weight excluding hydrogens is 440 g/mol. The van der Waals surface area contributed by atoms with Gasteiger partial charge in [0.1, 0.15) is 6.04 Å². The van der Waals surface area contributed by atoms with E-state index in [9.17, 15) is 9.59 Å². The molecule has 0 aliphatic carbocycles. The summed E-state index contributed by atoms with van der Waals surface area (Å²) < 4.78 is 5.91. The summed E-state index contributed by atoms with van der Waals surface area (Å²) in [5.74, 6) is -0.297. The van der Waals surface area contributed by atoms with E-state index in [1.807, 2.05) is 35.2 Å². The van der Waals surface area contributed by atoms with E-state index in [2.05, 4.69) is 46.8 Å². The number of carbonyl (C=O) groups excluding carboxylic acids is 2. The quantitative estimate of drug-likeness (QED) is 0.610. The molecule has 1 spiro atoms. The first-order valence-electron chi connectivity index (χ1n) is 12.5. The minimum atomic E-state index is -0.790. The Hall–Kier alpha value is -2.90. The number of likely N-dealkylation sites (tertiary alicyclic amines) is 1. The molecule has 1 atom stereocenters. The predicted octanol–water partition coefficient (Wildman–Crippen LogP) is 2.70. The summed E-state index contributed by atoms with van der Waals surface area (Å²) in [7, 11) is 3.88. The highest BCUT2D eigenvalue weighted by Crippen LogP contribution is 2.46. The van der Waals surface area contributed by atoms with Gasteiger partial charge < -0.3 is 25.2 Å². The molecule has 2 heterocycles. The highest BCUT2D eigenvalue weighted by Gasteiger charge is 2.45. The first kappa shape index (κ1) is 25.2. The number of amides is 2. The Morgan fingerprint density at radius 2 is 1.71 bits per heavy atom. The van der Waals surface area contributed by atoms with Crippen LogP contribution < -0.4 is 15.5 Å². The number of nitrogens with zero attached hydrogens (tertiary/aromatic N) is 2. The molecule has 0 unspecified atom stereocenters. The Balaban J connectivity index is 1.43. The van der Waals surface area contributed by atoms with Gasteiger partial charge in [0.2, 0.25) is 11.8 Å². The SMILES string of the molecule is CNC(C)(C)C(=O)N[C@H](COCc1ccccc1)C(=O)N1CCC2(CC1)CN(C)c1ccccc12. The van der Waals surface area contributed by atoms with Crippen LogP contribution in [0.15, 0.2) is 54.6 Å². The van der Waals surface area contributed by atoms with Gasteiger partial charge in [0, 0.05) is 37.8 Å². The number of rotatable bonds is 8. The third-order valence-corrected chi connectivity index (χ3v) is 7.65. The standard InChI is InChI=1S/C28H38N4O3/c1-27(2,29-3)26(34)30-23(19-35-18-21-10-6-5-7-11-21)25(33)32-16-14-28(15-17-32)20-31(4)24-13-9-8-12-22(24)28/h5-13,23,29H,14-20H2,1-4H3,(H,30,34)/t23-/m1/s1. The minimum Gasteiger partial charge on any atom is -0.374 e. The first-order chi connectivity index (χ1) is 16.8. The number of para-hydroxylation sites is 1. The number of piperidine rings is 1. The molecule has 1 saturated heterocycles. The van der Waals surface area contributed by atoms with E-state index in [0.29, 0.717) is 19.7 Å². The number of hydrogen-bond donors (Lipinski definition) is 2. The predicted molar refractivity (Wildman–Crippen MR) is 138 cm³/mol. The Bertz CT molecular complexity index is 1030. The number of fused-ring (bicyclic) bond motifs is 2. The Labute approximate surface area is 208 Å². The van der Waals surface area contributed by atoms with Gasteiger partial charge in [-0.2, -0.15) is 0 Å². The van der Waals surface area contributed by atoms with E-state index in [1.54, 1.807) is 20.9 Å². The molecule has 4 rings (SSSR count). The molecule has 35 heavy (non-hydrogen) atoms. The largest absolute Gasteiger partial charge is 0.374 e. The van der Waals surface area contributed by atoms with Crippen LogP contribution in [-0.2, 0) is 26.3 Å². The van der Waals surface area contributed by atoms with Gasteiger partial charge in [0.05, 0.1) is 18.8 Å². The third-order valence-electron chi connectivity index (χ3n) is 7.65. The normalized spacial score (nSPS) is 17.8. The van der Waals surface area contributed by atoms with E-state index in [4.69, 9.17) is 4.74 Å². The summed E-state index contributed by atoms with van der Waals surface area (Å²) in [5, 5.41) is 5.96. The highest BCUT2D eigenvalue weighted by molar-refractivity contribution is 5.91. The maximum Gasteiger partial charge on any atom is 0.247 e. The Morgan fingerprint density at radius 3 is 2.40 bits per heavy atom. The summed E-state index contributed by atoms with van der Waals surface area (Å²) in [6, 6.07) is 17.7. The molecule has 188 valence electrons. The number of hydrogen-bond acceptors (Lipinski definition) is 5. The zero-order valence-electron chi connectivity index (χ0n) is 21.3. The zero-order chi connectivity index (χ0) is 25.1. The summed E-state index contributed by atoms with van der Waals surface area (Å²) in [5.41, 5.74) is 3.01. The van der Waals surface area contributed by atoms with Crippen LogP contribution in [0.1, 0.15) is 37.8 Å². The number of carbonyl (C=O) groups is 2. The topological polar surface area (TPSA) is 73.9 Å². The zero-order valence-corrected chi connectivity index (χ0v) is 21.3. The van der Waals surface area contributed by atoms with Crippen LogP contribution in [0.25, 0.3) is 0 Å². The Kier molecular flexibility index (Phi) is 7.47. The minimum absolute atomic E-state index is 0.0761. The van der Waals surface area contributed by atoms with Crippen LogP contribution >= 0.6 is 0 Å². The van der Waals surface area contributed by atoms with Crippen LogP contribution in [0, 0.1) is 0 Å². The molecule has 2 N–H and O–H groups in total. The molecule has 0 radical (unpaired) electrons. The molecule has 0 saturated carbocycles. The molecule has 0 bridgehead atoms. The number of nitrogens with one attached hydrogen (secondary N) is 2. The molecule has 2 aliphatic rings. The van der Waals surface area contributed by atoms with Gasteiger partial charge in [-0.05, 0) is 50.9 Å². The summed E-state index contributed by atoms with van der Waals surface area (Å²) in [4.78, 5) is 30.7. The number of ether oxygens (including phenoxy) is 1. The first-order valence-corrected chi connectivity index (χ1v) is 12.5. The van der Waals surface area contributed by atoms with Crippen molar-refractivity contribution in [1.29, 1.82) is 0 Å². The lowest BCUT2D eigenvalue weighted by atomic mass is 9.74. The van der Waals surface area contributed by atoms with E-state index >= 15 is 0 Å².